The van der Waals surface area contributed by atoms with E-state index in [2.05, 4.69) is 0 Å². The number of aliphatic carboxylic acids is 1. The molecule has 0 aromatic carbocycles. The van der Waals surface area contributed by atoms with Gasteiger partial charge in [0.2, 0.25) is 0 Å². The number of hydrogen-bond donors (Lipinski definition) is 1. The second-order valence-electron chi connectivity index (χ2n) is 5.25. The molecule has 1 aliphatic carbocycles. The van der Waals surface area contributed by atoms with Gasteiger partial charge in [0.05, 0.1) is 5.56 Å². The molecule has 1 aromatic heterocycles. The molecular weight excluding hydrogens is 262 g/mol. The van der Waals surface area contributed by atoms with Crippen LogP contribution in [-0.2, 0) is 17.6 Å². The van der Waals surface area contributed by atoms with Crippen molar-refractivity contribution < 1.29 is 14.7 Å². The number of amides is 1. The molecule has 1 saturated heterocycles. The van der Waals surface area contributed by atoms with Gasteiger partial charge in [-0.15, -0.1) is 11.3 Å². The van der Waals surface area contributed by atoms with Gasteiger partial charge in [-0.3, -0.25) is 4.79 Å². The second kappa shape index (κ2) is 4.96. The smallest absolute Gasteiger partial charge is 0.326 e. The first-order valence-electron chi connectivity index (χ1n) is 6.81. The molecule has 1 atom stereocenters. The maximum Gasteiger partial charge on any atom is 0.326 e. The van der Waals surface area contributed by atoms with E-state index in [1.54, 1.807) is 16.2 Å². The number of nitrogens with zero attached hydrogens (tertiary/aromatic N) is 1. The molecule has 0 bridgehead atoms. The summed E-state index contributed by atoms with van der Waals surface area (Å²) in [4.78, 5) is 26.6. The Kier molecular flexibility index (Phi) is 3.31. The van der Waals surface area contributed by atoms with Gasteiger partial charge in [-0.25, -0.2) is 4.79 Å². The van der Waals surface area contributed by atoms with Crippen molar-refractivity contribution in [2.45, 2.75) is 44.6 Å². The summed E-state index contributed by atoms with van der Waals surface area (Å²) in [6.45, 7) is 0.570. The van der Waals surface area contributed by atoms with Crippen LogP contribution in [0.25, 0.3) is 0 Å². The average molecular weight is 279 g/mol. The molecule has 1 fully saturated rings. The zero-order chi connectivity index (χ0) is 13.4. The van der Waals surface area contributed by atoms with Crippen LogP contribution in [0, 0.1) is 0 Å². The maximum absolute atomic E-state index is 12.6. The highest BCUT2D eigenvalue weighted by molar-refractivity contribution is 7.10. The Morgan fingerprint density at radius 1 is 1.26 bits per heavy atom. The van der Waals surface area contributed by atoms with Gasteiger partial charge in [-0.2, -0.15) is 0 Å². The molecule has 1 aliphatic heterocycles. The number of thiophene rings is 1. The van der Waals surface area contributed by atoms with Crippen LogP contribution in [0.3, 0.4) is 0 Å². The molecule has 0 spiro atoms. The Balaban J connectivity index is 1.88. The van der Waals surface area contributed by atoms with E-state index in [1.165, 1.54) is 16.9 Å². The number of likely N-dealkylation sites (tertiary alicyclic amines) is 1. The highest BCUT2D eigenvalue weighted by atomic mass is 32.1. The summed E-state index contributed by atoms with van der Waals surface area (Å²) in [5, 5.41) is 11.1. The summed E-state index contributed by atoms with van der Waals surface area (Å²) in [5.41, 5.74) is 1.94. The number of carboxylic acids is 1. The van der Waals surface area contributed by atoms with Crippen molar-refractivity contribution in [2.75, 3.05) is 6.54 Å². The number of hydrogen-bond acceptors (Lipinski definition) is 3. The Bertz CT molecular complexity index is 523. The van der Waals surface area contributed by atoms with Crippen LogP contribution in [0.15, 0.2) is 5.38 Å². The first-order valence-corrected chi connectivity index (χ1v) is 7.69. The first-order chi connectivity index (χ1) is 9.18. The number of carboxylic acid groups (broad SMARTS) is 1. The lowest BCUT2D eigenvalue weighted by Gasteiger charge is -2.22. The molecule has 0 unspecified atom stereocenters. The highest BCUT2D eigenvalue weighted by Crippen LogP contribution is 2.32. The van der Waals surface area contributed by atoms with Crippen LogP contribution in [0.1, 0.15) is 46.5 Å². The van der Waals surface area contributed by atoms with E-state index >= 15 is 0 Å². The summed E-state index contributed by atoms with van der Waals surface area (Å²) in [7, 11) is 0. The molecule has 2 heterocycles. The largest absolute Gasteiger partial charge is 0.480 e. The maximum atomic E-state index is 12.6. The molecular formula is C14H17NO3S. The Morgan fingerprint density at radius 2 is 2.05 bits per heavy atom. The van der Waals surface area contributed by atoms with Crippen LogP contribution in [0.2, 0.25) is 0 Å². The minimum absolute atomic E-state index is 0.0794. The zero-order valence-corrected chi connectivity index (χ0v) is 11.5. The minimum atomic E-state index is -0.880. The van der Waals surface area contributed by atoms with Crippen molar-refractivity contribution in [3.05, 3.63) is 21.4 Å². The fraction of sp³-hybridized carbons (Fsp3) is 0.571. The van der Waals surface area contributed by atoms with Gasteiger partial charge in [0.15, 0.2) is 0 Å². The van der Waals surface area contributed by atoms with E-state index in [9.17, 15) is 14.7 Å². The SMILES string of the molecule is O=C(O)[C@H]1CCCN1C(=O)c1csc2c1CCCC2. The first kappa shape index (κ1) is 12.7. The van der Waals surface area contributed by atoms with Crippen molar-refractivity contribution in [3.8, 4) is 0 Å². The zero-order valence-electron chi connectivity index (χ0n) is 10.7. The number of aryl methyl sites for hydroxylation is 1. The van der Waals surface area contributed by atoms with E-state index in [-0.39, 0.29) is 5.91 Å². The van der Waals surface area contributed by atoms with Crippen molar-refractivity contribution in [1.82, 2.24) is 4.90 Å². The van der Waals surface area contributed by atoms with Crippen LogP contribution in [-0.4, -0.2) is 34.5 Å². The predicted octanol–water partition coefficient (Wildman–Crippen LogP) is 2.32. The molecule has 5 heteroatoms. The molecule has 2 aliphatic rings. The lowest BCUT2D eigenvalue weighted by Crippen LogP contribution is -2.40. The normalized spacial score (nSPS) is 22.3. The van der Waals surface area contributed by atoms with Gasteiger partial charge in [0, 0.05) is 16.8 Å². The summed E-state index contributed by atoms with van der Waals surface area (Å²) >= 11 is 1.65. The number of carbonyl (C=O) groups excluding carboxylic acids is 1. The molecule has 3 rings (SSSR count). The van der Waals surface area contributed by atoms with Gasteiger partial charge in [0.25, 0.3) is 5.91 Å². The van der Waals surface area contributed by atoms with Gasteiger partial charge >= 0.3 is 5.97 Å². The lowest BCUT2D eigenvalue weighted by molar-refractivity contribution is -0.141. The number of fused-ring (bicyclic) bond motifs is 1. The van der Waals surface area contributed by atoms with E-state index in [4.69, 9.17) is 0 Å². The lowest BCUT2D eigenvalue weighted by atomic mass is 9.95. The number of carbonyl (C=O) groups is 2. The topological polar surface area (TPSA) is 57.6 Å². The van der Waals surface area contributed by atoms with E-state index in [0.717, 1.165) is 31.2 Å². The third kappa shape index (κ3) is 2.16. The van der Waals surface area contributed by atoms with Crippen molar-refractivity contribution in [2.24, 2.45) is 0 Å². The molecule has 19 heavy (non-hydrogen) atoms. The highest BCUT2D eigenvalue weighted by Gasteiger charge is 2.35. The third-order valence-corrected chi connectivity index (χ3v) is 5.18. The van der Waals surface area contributed by atoms with E-state index < -0.39 is 12.0 Å². The van der Waals surface area contributed by atoms with Crippen LogP contribution in [0.5, 0.6) is 0 Å². The summed E-state index contributed by atoms with van der Waals surface area (Å²) in [6.07, 6.45) is 5.72. The summed E-state index contributed by atoms with van der Waals surface area (Å²) < 4.78 is 0. The van der Waals surface area contributed by atoms with Crippen molar-refractivity contribution in [3.63, 3.8) is 0 Å². The van der Waals surface area contributed by atoms with E-state index in [0.29, 0.717) is 13.0 Å². The van der Waals surface area contributed by atoms with Crippen molar-refractivity contribution in [1.29, 1.82) is 0 Å². The van der Waals surface area contributed by atoms with Gasteiger partial charge in [-0.05, 0) is 44.1 Å². The van der Waals surface area contributed by atoms with Gasteiger partial charge in [0.1, 0.15) is 6.04 Å². The molecule has 1 aromatic rings. The third-order valence-electron chi connectivity index (χ3n) is 4.09. The molecule has 4 nitrogen and oxygen atoms in total. The Hall–Kier alpha value is -1.36. The van der Waals surface area contributed by atoms with Crippen LogP contribution in [0.4, 0.5) is 0 Å². The molecule has 0 saturated carbocycles. The average Bonchev–Trinajstić information content (AvgIpc) is 3.05. The van der Waals surface area contributed by atoms with Crippen LogP contribution < -0.4 is 0 Å². The molecule has 1 amide bonds. The molecule has 0 radical (unpaired) electrons. The standard InChI is InChI=1S/C14H17NO3S/c16-13(15-7-3-5-11(15)14(17)18)10-8-19-12-6-2-1-4-9(10)12/h8,11H,1-7H2,(H,17,18)/t11-/m1/s1. The van der Waals surface area contributed by atoms with Crippen molar-refractivity contribution >= 4 is 23.2 Å². The Morgan fingerprint density at radius 3 is 2.84 bits per heavy atom. The molecule has 1 N–H and O–H groups in total. The Labute approximate surface area is 116 Å². The van der Waals surface area contributed by atoms with Crippen LogP contribution >= 0.6 is 11.3 Å². The quantitative estimate of drug-likeness (QED) is 0.904. The minimum Gasteiger partial charge on any atom is -0.480 e. The van der Waals surface area contributed by atoms with E-state index in [1.807, 2.05) is 5.38 Å². The molecule has 102 valence electrons. The van der Waals surface area contributed by atoms with Gasteiger partial charge < -0.3 is 10.0 Å². The summed E-state index contributed by atoms with van der Waals surface area (Å²) in [5.74, 6) is -0.959. The fourth-order valence-corrected chi connectivity index (χ4v) is 4.21. The summed E-state index contributed by atoms with van der Waals surface area (Å²) in [6, 6.07) is -0.633. The monoisotopic (exact) mass is 279 g/mol. The second-order valence-corrected chi connectivity index (χ2v) is 6.22. The number of rotatable bonds is 2. The van der Waals surface area contributed by atoms with Gasteiger partial charge in [-0.1, -0.05) is 0 Å². The fourth-order valence-electron chi connectivity index (χ4n) is 3.09. The predicted molar refractivity (Wildman–Crippen MR) is 72.7 cm³/mol.